The smallest absolute Gasteiger partial charge is 0.413 e. The average Bonchev–Trinajstić information content (AvgIpc) is 3.59. The van der Waals surface area contributed by atoms with Crippen LogP contribution in [0.1, 0.15) is 76.5 Å². The number of ether oxygens (including phenoxy) is 1. The Morgan fingerprint density at radius 2 is 1.84 bits per heavy atom. The van der Waals surface area contributed by atoms with Crippen LogP contribution in [0.15, 0.2) is 36.7 Å². The van der Waals surface area contributed by atoms with Crippen molar-refractivity contribution in [2.75, 3.05) is 17.2 Å². The van der Waals surface area contributed by atoms with Crippen molar-refractivity contribution < 1.29 is 19.1 Å². The molecule has 0 radical (unpaired) electrons. The second-order valence-corrected chi connectivity index (χ2v) is 12.1. The number of likely N-dealkylation sites (tertiary alicyclic amines) is 1. The first-order valence-corrected chi connectivity index (χ1v) is 13.8. The van der Waals surface area contributed by atoms with E-state index in [0.717, 1.165) is 46.9 Å². The fourth-order valence-electron chi connectivity index (χ4n) is 4.90. The number of pyridine rings is 1. The number of carbonyl (C=O) groups excluding carboxylic acids is 3. The Labute approximate surface area is 226 Å². The summed E-state index contributed by atoms with van der Waals surface area (Å²) in [6.45, 7) is 8.00. The number of nitrogens with zero attached hydrogens (tertiary/aromatic N) is 3. The standard InChI is InChI=1S/C28H33N5O4S/c1-16-5-9-22(18-8-10-23-19(11-18)13-30-38-23)33(15-16)26(35)25(34)31-20-12-21(17-6-7-17)24(29-14-20)32-27(36)37-28(2,3)4/h8,10-14,16-17,22H,5-7,9,15H2,1-4H3,(H,31,34)(H,29,32,36)/t16-,22+/m0/s1. The molecule has 3 amide bonds. The molecule has 38 heavy (non-hydrogen) atoms. The van der Waals surface area contributed by atoms with Crippen LogP contribution in [-0.2, 0) is 14.3 Å². The van der Waals surface area contributed by atoms with Crippen LogP contribution in [0.2, 0.25) is 0 Å². The Hall–Kier alpha value is -3.53. The van der Waals surface area contributed by atoms with Crippen molar-refractivity contribution in [3.8, 4) is 0 Å². The molecule has 200 valence electrons. The topological polar surface area (TPSA) is 114 Å². The quantitative estimate of drug-likeness (QED) is 0.405. The molecule has 9 nitrogen and oxygen atoms in total. The van der Waals surface area contributed by atoms with Crippen LogP contribution >= 0.6 is 11.5 Å². The van der Waals surface area contributed by atoms with Gasteiger partial charge < -0.3 is 15.0 Å². The highest BCUT2D eigenvalue weighted by Crippen LogP contribution is 2.44. The molecule has 2 aromatic heterocycles. The zero-order chi connectivity index (χ0) is 27.0. The number of hydrogen-bond donors (Lipinski definition) is 2. The van der Waals surface area contributed by atoms with Crippen LogP contribution < -0.4 is 10.6 Å². The molecular weight excluding hydrogens is 502 g/mol. The Bertz CT molecular complexity index is 1380. The summed E-state index contributed by atoms with van der Waals surface area (Å²) in [6, 6.07) is 7.74. The number of amides is 3. The average molecular weight is 536 g/mol. The van der Waals surface area contributed by atoms with Crippen LogP contribution in [0.25, 0.3) is 10.1 Å². The molecule has 3 aromatic rings. The summed E-state index contributed by atoms with van der Waals surface area (Å²) in [7, 11) is 0. The van der Waals surface area contributed by atoms with Gasteiger partial charge in [-0.25, -0.2) is 9.78 Å². The molecule has 1 saturated carbocycles. The van der Waals surface area contributed by atoms with Crippen molar-refractivity contribution in [3.63, 3.8) is 0 Å². The molecule has 0 spiro atoms. The van der Waals surface area contributed by atoms with E-state index in [1.807, 2.05) is 18.3 Å². The van der Waals surface area contributed by atoms with E-state index in [4.69, 9.17) is 4.74 Å². The molecule has 2 atom stereocenters. The normalized spacial score (nSPS) is 19.7. The Morgan fingerprint density at radius 1 is 1.05 bits per heavy atom. The zero-order valence-corrected chi connectivity index (χ0v) is 22.9. The van der Waals surface area contributed by atoms with Gasteiger partial charge in [0, 0.05) is 23.7 Å². The van der Waals surface area contributed by atoms with Crippen LogP contribution in [0.4, 0.5) is 16.3 Å². The highest BCUT2D eigenvalue weighted by molar-refractivity contribution is 7.13. The number of benzene rings is 1. The van der Waals surface area contributed by atoms with Crippen LogP contribution in [0.5, 0.6) is 0 Å². The number of rotatable bonds is 4. The van der Waals surface area contributed by atoms with Gasteiger partial charge >= 0.3 is 17.9 Å². The second-order valence-electron chi connectivity index (χ2n) is 11.3. The molecule has 2 fully saturated rings. The SMILES string of the molecule is C[C@H]1CC[C@H](c2ccc3sncc3c2)N(C(=O)C(=O)Nc2cnc(NC(=O)OC(C)(C)C)c(C3CC3)c2)C1. The minimum absolute atomic E-state index is 0.172. The van der Waals surface area contributed by atoms with E-state index >= 15 is 0 Å². The number of carbonyl (C=O) groups is 3. The van der Waals surface area contributed by atoms with Crippen molar-refractivity contribution in [1.82, 2.24) is 14.3 Å². The van der Waals surface area contributed by atoms with E-state index in [-0.39, 0.29) is 12.0 Å². The van der Waals surface area contributed by atoms with Gasteiger partial charge in [-0.2, -0.15) is 4.37 Å². The number of nitrogens with one attached hydrogen (secondary N) is 2. The molecule has 2 N–H and O–H groups in total. The van der Waals surface area contributed by atoms with Crippen molar-refractivity contribution in [3.05, 3.63) is 47.8 Å². The lowest BCUT2D eigenvalue weighted by Crippen LogP contribution is -2.46. The van der Waals surface area contributed by atoms with Crippen molar-refractivity contribution >= 4 is 51.0 Å². The maximum absolute atomic E-state index is 13.4. The molecular formula is C28H33N5O4S. The van der Waals surface area contributed by atoms with Gasteiger partial charge in [0.2, 0.25) is 0 Å². The van der Waals surface area contributed by atoms with E-state index < -0.39 is 23.5 Å². The summed E-state index contributed by atoms with van der Waals surface area (Å²) in [6.07, 6.45) is 6.42. The lowest BCUT2D eigenvalue weighted by molar-refractivity contribution is -0.146. The first-order chi connectivity index (χ1) is 18.1. The lowest BCUT2D eigenvalue weighted by Gasteiger charge is -2.38. The molecule has 5 rings (SSSR count). The van der Waals surface area contributed by atoms with Gasteiger partial charge in [-0.05, 0) is 93.6 Å². The van der Waals surface area contributed by atoms with Gasteiger partial charge in [-0.15, -0.1) is 0 Å². The lowest BCUT2D eigenvalue weighted by atomic mass is 9.89. The molecule has 1 aliphatic carbocycles. The van der Waals surface area contributed by atoms with Gasteiger partial charge in [-0.1, -0.05) is 13.0 Å². The molecule has 0 bridgehead atoms. The molecule has 1 saturated heterocycles. The van der Waals surface area contributed by atoms with Crippen molar-refractivity contribution in [2.45, 2.75) is 70.9 Å². The Balaban J connectivity index is 1.32. The minimum Gasteiger partial charge on any atom is -0.444 e. The van der Waals surface area contributed by atoms with E-state index in [2.05, 4.69) is 33.0 Å². The summed E-state index contributed by atoms with van der Waals surface area (Å²) >= 11 is 1.44. The third kappa shape index (κ3) is 5.96. The van der Waals surface area contributed by atoms with Gasteiger partial charge in [-0.3, -0.25) is 14.9 Å². The third-order valence-corrected chi connectivity index (χ3v) is 7.62. The predicted octanol–water partition coefficient (Wildman–Crippen LogP) is 5.85. The molecule has 2 aliphatic rings. The fourth-order valence-corrected chi connectivity index (χ4v) is 5.52. The van der Waals surface area contributed by atoms with E-state index in [1.54, 1.807) is 31.7 Å². The highest BCUT2D eigenvalue weighted by Gasteiger charge is 2.35. The number of aromatic nitrogens is 2. The maximum atomic E-state index is 13.4. The highest BCUT2D eigenvalue weighted by atomic mass is 32.1. The summed E-state index contributed by atoms with van der Waals surface area (Å²) in [5.74, 6) is -0.299. The summed E-state index contributed by atoms with van der Waals surface area (Å²) in [5.41, 5.74) is 1.63. The Kier molecular flexibility index (Phi) is 7.09. The number of hydrogen-bond acceptors (Lipinski definition) is 7. The molecule has 1 aliphatic heterocycles. The van der Waals surface area contributed by atoms with E-state index in [0.29, 0.717) is 24.0 Å². The molecule has 1 aromatic carbocycles. The van der Waals surface area contributed by atoms with Crippen LogP contribution in [0.3, 0.4) is 0 Å². The first-order valence-electron chi connectivity index (χ1n) is 13.0. The number of anilines is 2. The van der Waals surface area contributed by atoms with Gasteiger partial charge in [0.15, 0.2) is 0 Å². The van der Waals surface area contributed by atoms with Crippen LogP contribution in [-0.4, -0.2) is 44.3 Å². The molecule has 0 unspecified atom stereocenters. The van der Waals surface area contributed by atoms with Gasteiger partial charge in [0.05, 0.1) is 22.6 Å². The molecule has 10 heteroatoms. The largest absolute Gasteiger partial charge is 0.444 e. The van der Waals surface area contributed by atoms with E-state index in [1.165, 1.54) is 17.7 Å². The fraction of sp³-hybridized carbons (Fsp3) is 0.464. The Morgan fingerprint density at radius 3 is 2.58 bits per heavy atom. The zero-order valence-electron chi connectivity index (χ0n) is 22.1. The minimum atomic E-state index is -0.696. The third-order valence-electron chi connectivity index (χ3n) is 6.85. The number of piperidine rings is 1. The van der Waals surface area contributed by atoms with Gasteiger partial charge in [0.25, 0.3) is 0 Å². The predicted molar refractivity (Wildman–Crippen MR) is 147 cm³/mol. The maximum Gasteiger partial charge on any atom is 0.413 e. The first kappa shape index (κ1) is 26.1. The summed E-state index contributed by atoms with van der Waals surface area (Å²) < 4.78 is 10.7. The van der Waals surface area contributed by atoms with E-state index in [9.17, 15) is 14.4 Å². The number of fused-ring (bicyclic) bond motifs is 1. The van der Waals surface area contributed by atoms with Crippen molar-refractivity contribution in [1.29, 1.82) is 0 Å². The van der Waals surface area contributed by atoms with Crippen LogP contribution in [0, 0.1) is 5.92 Å². The second kappa shape index (κ2) is 10.3. The van der Waals surface area contributed by atoms with Gasteiger partial charge in [0.1, 0.15) is 11.4 Å². The monoisotopic (exact) mass is 535 g/mol. The van der Waals surface area contributed by atoms with Crippen molar-refractivity contribution in [2.24, 2.45) is 5.92 Å². The summed E-state index contributed by atoms with van der Waals surface area (Å²) in [4.78, 5) is 44.9. The summed E-state index contributed by atoms with van der Waals surface area (Å²) in [5, 5.41) is 6.51. The molecule has 3 heterocycles.